The first-order valence-electron chi connectivity index (χ1n) is 6.79. The second-order valence-electron chi connectivity index (χ2n) is 4.77. The van der Waals surface area contributed by atoms with Gasteiger partial charge in [0.15, 0.2) is 0 Å². The molecule has 2 N–H and O–H groups in total. The van der Waals surface area contributed by atoms with Crippen LogP contribution < -0.4 is 10.0 Å². The third-order valence-electron chi connectivity index (χ3n) is 3.06. The van der Waals surface area contributed by atoms with Gasteiger partial charge in [-0.2, -0.15) is 0 Å². The van der Waals surface area contributed by atoms with Crippen molar-refractivity contribution in [3.05, 3.63) is 40.0 Å². The van der Waals surface area contributed by atoms with Gasteiger partial charge in [-0.05, 0) is 31.8 Å². The molecule has 7 heteroatoms. The van der Waals surface area contributed by atoms with Crippen LogP contribution in [0.1, 0.15) is 36.3 Å². The fourth-order valence-corrected chi connectivity index (χ4v) is 4.25. The Bertz CT molecular complexity index is 675. The van der Waals surface area contributed by atoms with E-state index in [1.165, 1.54) is 11.3 Å². The third kappa shape index (κ3) is 3.94. The number of nitrogens with one attached hydrogen (secondary N) is 2. The molecular formula is C14H20N2O3S2. The van der Waals surface area contributed by atoms with Crippen molar-refractivity contribution >= 4 is 21.4 Å². The standard InChI is InChI=1S/C14H20N2O3S2/c1-4-15-9-12-8-14(11(3)19-12)21(17,18)16-10(2)13-6-5-7-20-13/h5-8,10,15-16H,4,9H2,1-3H3. The van der Waals surface area contributed by atoms with Crippen molar-refractivity contribution in [2.75, 3.05) is 6.54 Å². The van der Waals surface area contributed by atoms with E-state index in [-0.39, 0.29) is 10.9 Å². The van der Waals surface area contributed by atoms with Crippen molar-refractivity contribution < 1.29 is 12.8 Å². The Morgan fingerprint density at radius 2 is 2.19 bits per heavy atom. The lowest BCUT2D eigenvalue weighted by Gasteiger charge is -2.11. The molecule has 0 aromatic carbocycles. The number of hydrogen-bond acceptors (Lipinski definition) is 5. The molecule has 0 saturated heterocycles. The Hall–Kier alpha value is -1.15. The highest BCUT2D eigenvalue weighted by Crippen LogP contribution is 2.24. The second-order valence-corrected chi connectivity index (χ2v) is 7.43. The number of sulfonamides is 1. The first-order valence-corrected chi connectivity index (χ1v) is 9.16. The van der Waals surface area contributed by atoms with Gasteiger partial charge in [0.25, 0.3) is 0 Å². The summed E-state index contributed by atoms with van der Waals surface area (Å²) in [4.78, 5) is 1.19. The Labute approximate surface area is 129 Å². The van der Waals surface area contributed by atoms with E-state index < -0.39 is 10.0 Å². The molecule has 2 rings (SSSR count). The molecule has 0 bridgehead atoms. The summed E-state index contributed by atoms with van der Waals surface area (Å²) in [5.41, 5.74) is 0. The summed E-state index contributed by atoms with van der Waals surface area (Å²) in [5.74, 6) is 1.03. The lowest BCUT2D eigenvalue weighted by molar-refractivity contribution is 0.460. The van der Waals surface area contributed by atoms with E-state index in [4.69, 9.17) is 4.42 Å². The summed E-state index contributed by atoms with van der Waals surface area (Å²) in [6.45, 7) is 6.80. The fourth-order valence-electron chi connectivity index (χ4n) is 2.02. The van der Waals surface area contributed by atoms with Crippen LogP contribution in [0.2, 0.25) is 0 Å². The van der Waals surface area contributed by atoms with Gasteiger partial charge in [0.2, 0.25) is 10.0 Å². The van der Waals surface area contributed by atoms with E-state index in [1.54, 1.807) is 13.0 Å². The molecule has 0 saturated carbocycles. The summed E-state index contributed by atoms with van der Waals surface area (Å²) >= 11 is 1.53. The van der Waals surface area contributed by atoms with Crippen LogP contribution in [0.15, 0.2) is 32.9 Å². The summed E-state index contributed by atoms with van der Waals surface area (Å²) in [6, 6.07) is 5.14. The average molecular weight is 328 g/mol. The first kappa shape index (κ1) is 16.2. The topological polar surface area (TPSA) is 71.3 Å². The molecule has 5 nitrogen and oxygen atoms in total. The highest BCUT2D eigenvalue weighted by atomic mass is 32.2. The van der Waals surface area contributed by atoms with Gasteiger partial charge in [0.1, 0.15) is 16.4 Å². The van der Waals surface area contributed by atoms with Gasteiger partial charge in [-0.25, -0.2) is 13.1 Å². The van der Waals surface area contributed by atoms with Crippen molar-refractivity contribution in [2.45, 2.75) is 38.3 Å². The van der Waals surface area contributed by atoms with E-state index in [0.29, 0.717) is 18.1 Å². The van der Waals surface area contributed by atoms with E-state index in [0.717, 1.165) is 11.4 Å². The molecule has 0 aliphatic carbocycles. The number of thiophene rings is 1. The van der Waals surface area contributed by atoms with Crippen LogP contribution in [-0.2, 0) is 16.6 Å². The van der Waals surface area contributed by atoms with Crippen LogP contribution >= 0.6 is 11.3 Å². The van der Waals surface area contributed by atoms with E-state index in [2.05, 4.69) is 10.0 Å². The Balaban J connectivity index is 2.17. The van der Waals surface area contributed by atoms with Gasteiger partial charge in [-0.1, -0.05) is 13.0 Å². The number of furan rings is 1. The van der Waals surface area contributed by atoms with Crippen LogP contribution in [0.25, 0.3) is 0 Å². The van der Waals surface area contributed by atoms with Crippen LogP contribution in [0.4, 0.5) is 0 Å². The third-order valence-corrected chi connectivity index (χ3v) is 5.77. The molecule has 1 atom stereocenters. The van der Waals surface area contributed by atoms with Gasteiger partial charge < -0.3 is 9.73 Å². The van der Waals surface area contributed by atoms with Gasteiger partial charge in [0.05, 0.1) is 12.6 Å². The zero-order valence-corrected chi connectivity index (χ0v) is 14.0. The quantitative estimate of drug-likeness (QED) is 0.820. The summed E-state index contributed by atoms with van der Waals surface area (Å²) in [5, 5.41) is 5.04. The molecular weight excluding hydrogens is 308 g/mol. The normalized spacial score (nSPS) is 13.5. The molecule has 116 valence electrons. The van der Waals surface area contributed by atoms with E-state index in [9.17, 15) is 8.42 Å². The van der Waals surface area contributed by atoms with E-state index in [1.807, 2.05) is 31.4 Å². The molecule has 0 amide bonds. The van der Waals surface area contributed by atoms with Crippen LogP contribution in [0.3, 0.4) is 0 Å². The predicted octanol–water partition coefficient (Wildman–Crippen LogP) is 2.80. The van der Waals surface area contributed by atoms with Crippen molar-refractivity contribution in [1.29, 1.82) is 0 Å². The van der Waals surface area contributed by atoms with Gasteiger partial charge >= 0.3 is 0 Å². The SMILES string of the molecule is CCNCc1cc(S(=O)(=O)NC(C)c2cccs2)c(C)o1. The Kier molecular flexibility index (Phi) is 5.21. The van der Waals surface area contributed by atoms with Crippen LogP contribution in [0, 0.1) is 6.92 Å². The maximum Gasteiger partial charge on any atom is 0.244 e. The maximum absolute atomic E-state index is 12.5. The van der Waals surface area contributed by atoms with Crippen molar-refractivity contribution in [2.24, 2.45) is 0 Å². The van der Waals surface area contributed by atoms with Gasteiger partial charge in [0, 0.05) is 10.9 Å². The molecule has 0 fully saturated rings. The molecule has 0 spiro atoms. The minimum absolute atomic E-state index is 0.207. The van der Waals surface area contributed by atoms with Crippen molar-refractivity contribution in [3.63, 3.8) is 0 Å². The lowest BCUT2D eigenvalue weighted by Crippen LogP contribution is -2.26. The average Bonchev–Trinajstić information content (AvgIpc) is 3.05. The molecule has 2 heterocycles. The molecule has 21 heavy (non-hydrogen) atoms. The molecule has 2 aromatic rings. The molecule has 0 aliphatic rings. The minimum Gasteiger partial charge on any atom is -0.464 e. The largest absolute Gasteiger partial charge is 0.464 e. The van der Waals surface area contributed by atoms with Crippen molar-refractivity contribution in [3.8, 4) is 0 Å². The van der Waals surface area contributed by atoms with Crippen LogP contribution in [-0.4, -0.2) is 15.0 Å². The highest BCUT2D eigenvalue weighted by molar-refractivity contribution is 7.89. The van der Waals surface area contributed by atoms with Gasteiger partial charge in [-0.15, -0.1) is 11.3 Å². The zero-order valence-electron chi connectivity index (χ0n) is 12.3. The second kappa shape index (κ2) is 6.74. The van der Waals surface area contributed by atoms with Crippen LogP contribution in [0.5, 0.6) is 0 Å². The summed E-state index contributed by atoms with van der Waals surface area (Å²) in [6.07, 6.45) is 0. The van der Waals surface area contributed by atoms with Gasteiger partial charge in [-0.3, -0.25) is 0 Å². The first-order chi connectivity index (χ1) is 9.94. The Morgan fingerprint density at radius 1 is 1.43 bits per heavy atom. The smallest absolute Gasteiger partial charge is 0.244 e. The molecule has 0 aliphatic heterocycles. The summed E-state index contributed by atoms with van der Waals surface area (Å²) < 4.78 is 33.1. The van der Waals surface area contributed by atoms with E-state index >= 15 is 0 Å². The maximum atomic E-state index is 12.5. The summed E-state index contributed by atoms with van der Waals surface area (Å²) in [7, 11) is -3.59. The number of aryl methyl sites for hydroxylation is 1. The zero-order chi connectivity index (χ0) is 15.5. The Morgan fingerprint density at radius 3 is 2.81 bits per heavy atom. The number of hydrogen-bond donors (Lipinski definition) is 2. The fraction of sp³-hybridized carbons (Fsp3) is 0.429. The van der Waals surface area contributed by atoms with Crippen molar-refractivity contribution in [1.82, 2.24) is 10.0 Å². The molecule has 1 unspecified atom stereocenters. The number of rotatable bonds is 7. The molecule has 0 radical (unpaired) electrons. The predicted molar refractivity (Wildman–Crippen MR) is 83.9 cm³/mol. The lowest BCUT2D eigenvalue weighted by atomic mass is 10.3. The minimum atomic E-state index is -3.59. The molecule has 2 aromatic heterocycles. The monoisotopic (exact) mass is 328 g/mol. The highest BCUT2D eigenvalue weighted by Gasteiger charge is 2.24.